The van der Waals surface area contributed by atoms with Crippen LogP contribution in [0.4, 0.5) is 11.4 Å². The average molecular weight is 242 g/mol. The molecule has 1 aliphatic heterocycles. The van der Waals surface area contributed by atoms with E-state index in [0.29, 0.717) is 0 Å². The maximum absolute atomic E-state index is 5.34. The zero-order valence-corrected chi connectivity index (χ0v) is 10.4. The van der Waals surface area contributed by atoms with Gasteiger partial charge in [0.2, 0.25) is 0 Å². The molecule has 1 N–H and O–H groups in total. The van der Waals surface area contributed by atoms with Crippen LogP contribution in [0.25, 0.3) is 0 Å². The van der Waals surface area contributed by atoms with Crippen LogP contribution in [0.3, 0.4) is 0 Å². The van der Waals surface area contributed by atoms with Crippen molar-refractivity contribution in [2.24, 2.45) is 0 Å². The van der Waals surface area contributed by atoms with Crippen molar-refractivity contribution in [1.82, 2.24) is 0 Å². The van der Waals surface area contributed by atoms with Crippen LogP contribution in [-0.2, 0) is 6.54 Å². The molecule has 3 rings (SSSR count). The molecule has 0 atom stereocenters. The van der Waals surface area contributed by atoms with E-state index in [2.05, 4.69) is 34.5 Å². The van der Waals surface area contributed by atoms with Gasteiger partial charge in [-0.15, -0.1) is 0 Å². The van der Waals surface area contributed by atoms with Crippen molar-refractivity contribution < 1.29 is 4.42 Å². The van der Waals surface area contributed by atoms with Crippen molar-refractivity contribution in [3.8, 4) is 0 Å². The molecular weight excluding hydrogens is 224 g/mol. The second-order valence-corrected chi connectivity index (χ2v) is 4.64. The van der Waals surface area contributed by atoms with Crippen LogP contribution in [0.1, 0.15) is 18.6 Å². The fourth-order valence-corrected chi connectivity index (χ4v) is 2.45. The monoisotopic (exact) mass is 242 g/mol. The molecule has 2 aromatic rings. The molecule has 1 aromatic heterocycles. The normalized spacial score (nSPS) is 15.0. The Morgan fingerprint density at radius 1 is 1.06 bits per heavy atom. The largest absolute Gasteiger partial charge is 0.467 e. The Morgan fingerprint density at radius 3 is 2.67 bits per heavy atom. The van der Waals surface area contributed by atoms with E-state index in [1.54, 1.807) is 6.26 Å². The first-order valence-electron chi connectivity index (χ1n) is 6.54. The summed E-state index contributed by atoms with van der Waals surface area (Å²) in [6.45, 7) is 3.07. The predicted molar refractivity (Wildman–Crippen MR) is 73.9 cm³/mol. The van der Waals surface area contributed by atoms with Gasteiger partial charge < -0.3 is 14.6 Å². The molecule has 0 spiro atoms. The molecule has 0 radical (unpaired) electrons. The number of furan rings is 1. The van der Waals surface area contributed by atoms with Crippen molar-refractivity contribution in [1.29, 1.82) is 0 Å². The molecule has 1 saturated heterocycles. The lowest BCUT2D eigenvalue weighted by atomic mass is 10.2. The summed E-state index contributed by atoms with van der Waals surface area (Å²) in [5.74, 6) is 0.964. The number of para-hydroxylation sites is 2. The molecule has 0 unspecified atom stereocenters. The SMILES string of the molecule is c1coc(CNc2ccccc2N2CCCC2)c1. The Bertz CT molecular complexity index is 487. The van der Waals surface area contributed by atoms with Crippen molar-refractivity contribution in [3.63, 3.8) is 0 Å². The van der Waals surface area contributed by atoms with Crippen molar-refractivity contribution in [3.05, 3.63) is 48.4 Å². The van der Waals surface area contributed by atoms with Gasteiger partial charge in [0.15, 0.2) is 0 Å². The summed E-state index contributed by atoms with van der Waals surface area (Å²) in [5.41, 5.74) is 2.50. The maximum Gasteiger partial charge on any atom is 0.122 e. The summed E-state index contributed by atoms with van der Waals surface area (Å²) in [6.07, 6.45) is 4.31. The van der Waals surface area contributed by atoms with Crippen molar-refractivity contribution in [2.45, 2.75) is 19.4 Å². The minimum atomic E-state index is 0.734. The van der Waals surface area contributed by atoms with E-state index in [-0.39, 0.29) is 0 Å². The standard InChI is InChI=1S/C15H18N2O/c1-2-8-15(17-9-3-4-10-17)14(7-1)16-12-13-6-5-11-18-13/h1-2,5-8,11,16H,3-4,9-10,12H2. The van der Waals surface area contributed by atoms with Crippen LogP contribution in [0.5, 0.6) is 0 Å². The Hall–Kier alpha value is -1.90. The first-order chi connectivity index (χ1) is 8.93. The van der Waals surface area contributed by atoms with Crippen LogP contribution in [0, 0.1) is 0 Å². The van der Waals surface area contributed by atoms with Crippen LogP contribution in [-0.4, -0.2) is 13.1 Å². The molecule has 2 heterocycles. The fraction of sp³-hybridized carbons (Fsp3) is 0.333. The lowest BCUT2D eigenvalue weighted by molar-refractivity contribution is 0.518. The third-order valence-electron chi connectivity index (χ3n) is 3.38. The second-order valence-electron chi connectivity index (χ2n) is 4.64. The number of nitrogens with one attached hydrogen (secondary N) is 1. The number of hydrogen-bond acceptors (Lipinski definition) is 3. The molecule has 3 nitrogen and oxygen atoms in total. The minimum absolute atomic E-state index is 0.734. The summed E-state index contributed by atoms with van der Waals surface area (Å²) in [5, 5.41) is 3.46. The molecule has 94 valence electrons. The van der Waals surface area contributed by atoms with E-state index in [1.807, 2.05) is 12.1 Å². The highest BCUT2D eigenvalue weighted by Gasteiger charge is 2.15. The Balaban J connectivity index is 1.74. The summed E-state index contributed by atoms with van der Waals surface area (Å²) in [6, 6.07) is 12.4. The predicted octanol–water partition coefficient (Wildman–Crippen LogP) is 3.49. The molecule has 0 aliphatic carbocycles. The molecule has 0 saturated carbocycles. The van der Waals surface area contributed by atoms with Gasteiger partial charge in [0, 0.05) is 13.1 Å². The highest BCUT2D eigenvalue weighted by atomic mass is 16.3. The van der Waals surface area contributed by atoms with Gasteiger partial charge in [-0.25, -0.2) is 0 Å². The van der Waals surface area contributed by atoms with E-state index < -0.39 is 0 Å². The molecule has 18 heavy (non-hydrogen) atoms. The van der Waals surface area contributed by atoms with Gasteiger partial charge in [-0.2, -0.15) is 0 Å². The number of benzene rings is 1. The first kappa shape index (κ1) is 11.2. The van der Waals surface area contributed by atoms with Crippen molar-refractivity contribution in [2.75, 3.05) is 23.3 Å². The lowest BCUT2D eigenvalue weighted by Gasteiger charge is -2.21. The zero-order valence-electron chi connectivity index (χ0n) is 10.4. The summed E-state index contributed by atoms with van der Waals surface area (Å²) in [4.78, 5) is 2.45. The van der Waals surface area contributed by atoms with Gasteiger partial charge in [0.1, 0.15) is 5.76 Å². The zero-order chi connectivity index (χ0) is 12.2. The molecule has 0 amide bonds. The van der Waals surface area contributed by atoms with Gasteiger partial charge in [-0.05, 0) is 37.1 Å². The topological polar surface area (TPSA) is 28.4 Å². The fourth-order valence-electron chi connectivity index (χ4n) is 2.45. The van der Waals surface area contributed by atoms with Gasteiger partial charge in [0.25, 0.3) is 0 Å². The maximum atomic E-state index is 5.34. The quantitative estimate of drug-likeness (QED) is 0.889. The minimum Gasteiger partial charge on any atom is -0.467 e. The lowest BCUT2D eigenvalue weighted by Crippen LogP contribution is -2.19. The Kier molecular flexibility index (Phi) is 3.22. The van der Waals surface area contributed by atoms with Gasteiger partial charge in [-0.1, -0.05) is 12.1 Å². The van der Waals surface area contributed by atoms with E-state index >= 15 is 0 Å². The van der Waals surface area contributed by atoms with Crippen LogP contribution >= 0.6 is 0 Å². The first-order valence-corrected chi connectivity index (χ1v) is 6.54. The summed E-state index contributed by atoms with van der Waals surface area (Å²) < 4.78 is 5.34. The van der Waals surface area contributed by atoms with Gasteiger partial charge in [-0.3, -0.25) is 0 Å². The van der Waals surface area contributed by atoms with Crippen LogP contribution < -0.4 is 10.2 Å². The van der Waals surface area contributed by atoms with E-state index in [1.165, 1.54) is 37.3 Å². The Labute approximate surface area is 107 Å². The molecule has 0 bridgehead atoms. The van der Waals surface area contributed by atoms with Crippen molar-refractivity contribution >= 4 is 11.4 Å². The Morgan fingerprint density at radius 2 is 1.89 bits per heavy atom. The summed E-state index contributed by atoms with van der Waals surface area (Å²) in [7, 11) is 0. The molecular formula is C15H18N2O. The highest BCUT2D eigenvalue weighted by molar-refractivity contribution is 5.70. The molecule has 1 aliphatic rings. The smallest absolute Gasteiger partial charge is 0.122 e. The van der Waals surface area contributed by atoms with E-state index in [4.69, 9.17) is 4.42 Å². The highest BCUT2D eigenvalue weighted by Crippen LogP contribution is 2.28. The average Bonchev–Trinajstić information content (AvgIpc) is 3.10. The molecule has 1 fully saturated rings. The van der Waals surface area contributed by atoms with Crippen LogP contribution in [0.2, 0.25) is 0 Å². The van der Waals surface area contributed by atoms with Crippen LogP contribution in [0.15, 0.2) is 47.1 Å². The number of hydrogen-bond donors (Lipinski definition) is 1. The van der Waals surface area contributed by atoms with Gasteiger partial charge in [0.05, 0.1) is 24.2 Å². The molecule has 3 heteroatoms. The van der Waals surface area contributed by atoms with E-state index in [9.17, 15) is 0 Å². The number of anilines is 2. The van der Waals surface area contributed by atoms with Gasteiger partial charge >= 0.3 is 0 Å². The number of nitrogens with zero attached hydrogens (tertiary/aromatic N) is 1. The second kappa shape index (κ2) is 5.17. The van der Waals surface area contributed by atoms with E-state index in [0.717, 1.165) is 12.3 Å². The summed E-state index contributed by atoms with van der Waals surface area (Å²) >= 11 is 0. The third kappa shape index (κ3) is 2.35. The molecule has 1 aromatic carbocycles. The third-order valence-corrected chi connectivity index (χ3v) is 3.38. The number of rotatable bonds is 4.